The molecule has 1 aromatic carbocycles. The molecule has 0 aliphatic heterocycles. The van der Waals surface area contributed by atoms with E-state index >= 15 is 0 Å². The minimum Gasteiger partial charge on any atom is -0.382 e. The van der Waals surface area contributed by atoms with Gasteiger partial charge in [0.25, 0.3) is 0 Å². The van der Waals surface area contributed by atoms with Crippen LogP contribution in [0.5, 0.6) is 0 Å². The molecule has 0 spiro atoms. The fraction of sp³-hybridized carbons (Fsp3) is 0.455. The molecule has 5 N–H and O–H groups in total. The number of rotatable bonds is 4. The molecule has 0 heterocycles. The normalized spacial score (nSPS) is 18.5. The molecular weight excluding hydrogens is 238 g/mol. The lowest BCUT2D eigenvalue weighted by Crippen LogP contribution is -2.52. The van der Waals surface area contributed by atoms with E-state index in [1.807, 2.05) is 0 Å². The third kappa shape index (κ3) is 2.77. The van der Waals surface area contributed by atoms with Gasteiger partial charge in [0, 0.05) is 12.1 Å². The van der Waals surface area contributed by atoms with Crippen molar-refractivity contribution in [2.75, 3.05) is 11.9 Å². The molecule has 0 radical (unpaired) electrons. The zero-order valence-electron chi connectivity index (χ0n) is 9.52. The maximum atomic E-state index is 11.4. The van der Waals surface area contributed by atoms with Crippen molar-refractivity contribution >= 4 is 15.7 Å². The Morgan fingerprint density at radius 3 is 2.47 bits per heavy atom. The van der Waals surface area contributed by atoms with Crippen molar-refractivity contribution in [3.63, 3.8) is 0 Å². The summed E-state index contributed by atoms with van der Waals surface area (Å²) in [5.41, 5.74) is 6.38. The Morgan fingerprint density at radius 2 is 1.94 bits per heavy atom. The number of anilines is 1. The minimum absolute atomic E-state index is 0.114. The third-order valence-corrected chi connectivity index (χ3v) is 4.14. The van der Waals surface area contributed by atoms with Crippen LogP contribution < -0.4 is 16.2 Å². The third-order valence-electron chi connectivity index (χ3n) is 3.17. The topological polar surface area (TPSA) is 98.2 Å². The van der Waals surface area contributed by atoms with Crippen molar-refractivity contribution in [2.45, 2.75) is 29.7 Å². The average molecular weight is 255 g/mol. The number of nitrogens with two attached hydrogens (primary N) is 2. The molecule has 94 valence electrons. The summed E-state index contributed by atoms with van der Waals surface area (Å²) in [7, 11) is -3.69. The van der Waals surface area contributed by atoms with Crippen LogP contribution >= 0.6 is 0 Å². The largest absolute Gasteiger partial charge is 0.382 e. The monoisotopic (exact) mass is 255 g/mol. The van der Waals surface area contributed by atoms with Crippen LogP contribution in [0.15, 0.2) is 29.2 Å². The first-order valence-electron chi connectivity index (χ1n) is 5.55. The van der Waals surface area contributed by atoms with Gasteiger partial charge in [-0.15, -0.1) is 0 Å². The van der Waals surface area contributed by atoms with Crippen molar-refractivity contribution in [2.24, 2.45) is 10.9 Å². The first kappa shape index (κ1) is 12.3. The van der Waals surface area contributed by atoms with Crippen LogP contribution in [0.4, 0.5) is 5.69 Å². The molecule has 0 aromatic heterocycles. The Hall–Kier alpha value is -1.11. The van der Waals surface area contributed by atoms with Crippen LogP contribution in [-0.4, -0.2) is 20.5 Å². The molecule has 2 rings (SSSR count). The fourth-order valence-corrected chi connectivity index (χ4v) is 2.65. The van der Waals surface area contributed by atoms with Crippen molar-refractivity contribution in [1.29, 1.82) is 0 Å². The summed E-state index contributed by atoms with van der Waals surface area (Å²) in [6, 6.07) is 6.59. The quantitative estimate of drug-likeness (QED) is 0.734. The predicted molar refractivity (Wildman–Crippen MR) is 67.1 cm³/mol. The van der Waals surface area contributed by atoms with E-state index in [1.165, 1.54) is 6.07 Å². The number of benzene rings is 1. The number of hydrogen-bond acceptors (Lipinski definition) is 4. The van der Waals surface area contributed by atoms with Crippen molar-refractivity contribution < 1.29 is 8.42 Å². The molecule has 17 heavy (non-hydrogen) atoms. The van der Waals surface area contributed by atoms with E-state index in [4.69, 9.17) is 10.9 Å². The molecular formula is C11H17N3O2S. The molecule has 0 saturated heterocycles. The summed E-state index contributed by atoms with van der Waals surface area (Å²) >= 11 is 0. The Bertz CT molecular complexity index is 509. The van der Waals surface area contributed by atoms with Gasteiger partial charge >= 0.3 is 0 Å². The van der Waals surface area contributed by atoms with Gasteiger partial charge in [-0.3, -0.25) is 0 Å². The first-order valence-corrected chi connectivity index (χ1v) is 7.10. The summed E-state index contributed by atoms with van der Waals surface area (Å²) in [4.78, 5) is 0.114. The number of hydrogen-bond donors (Lipinski definition) is 3. The maximum Gasteiger partial charge on any atom is 0.240 e. The molecule has 6 heteroatoms. The van der Waals surface area contributed by atoms with Gasteiger partial charge in [-0.25, -0.2) is 13.6 Å². The molecule has 0 atom stereocenters. The summed E-state index contributed by atoms with van der Waals surface area (Å²) in [6.45, 7) is 0.569. The highest BCUT2D eigenvalue weighted by atomic mass is 32.2. The van der Waals surface area contributed by atoms with E-state index in [0.29, 0.717) is 12.2 Å². The lowest BCUT2D eigenvalue weighted by Gasteiger charge is -2.38. The van der Waals surface area contributed by atoms with E-state index < -0.39 is 10.0 Å². The van der Waals surface area contributed by atoms with Crippen LogP contribution in [-0.2, 0) is 10.0 Å². The molecule has 5 nitrogen and oxygen atoms in total. The molecule has 0 unspecified atom stereocenters. The highest BCUT2D eigenvalue weighted by molar-refractivity contribution is 7.89. The van der Waals surface area contributed by atoms with Crippen LogP contribution in [0.3, 0.4) is 0 Å². The standard InChI is InChI=1S/C11H17N3O2S/c12-11(6-3-7-11)8-14-9-4-1-2-5-10(9)17(13,15)16/h1-2,4-5,14H,3,6-8,12H2,(H2,13,15,16). The van der Waals surface area contributed by atoms with Gasteiger partial charge in [-0.2, -0.15) is 0 Å². The smallest absolute Gasteiger partial charge is 0.240 e. The zero-order chi connectivity index (χ0) is 12.5. The van der Waals surface area contributed by atoms with Gasteiger partial charge in [0.15, 0.2) is 0 Å². The van der Waals surface area contributed by atoms with E-state index in [1.54, 1.807) is 18.2 Å². The fourth-order valence-electron chi connectivity index (χ4n) is 1.94. The predicted octanol–water partition coefficient (Wildman–Crippen LogP) is 0.627. The Kier molecular flexibility index (Phi) is 3.11. The molecule has 1 aliphatic rings. The molecule has 0 amide bonds. The van der Waals surface area contributed by atoms with Crippen LogP contribution in [0.25, 0.3) is 0 Å². The van der Waals surface area contributed by atoms with E-state index in [2.05, 4.69) is 5.32 Å². The SMILES string of the molecule is NC1(CNc2ccccc2S(N)(=O)=O)CCC1. The van der Waals surface area contributed by atoms with Crippen molar-refractivity contribution in [1.82, 2.24) is 0 Å². The van der Waals surface area contributed by atoms with Crippen molar-refractivity contribution in [3.05, 3.63) is 24.3 Å². The van der Waals surface area contributed by atoms with Crippen LogP contribution in [0.2, 0.25) is 0 Å². The molecule has 0 bridgehead atoms. The summed E-state index contributed by atoms with van der Waals surface area (Å²) < 4.78 is 22.7. The number of para-hydroxylation sites is 1. The highest BCUT2D eigenvalue weighted by Crippen LogP contribution is 2.30. The van der Waals surface area contributed by atoms with Crippen LogP contribution in [0.1, 0.15) is 19.3 Å². The molecule has 1 aliphatic carbocycles. The summed E-state index contributed by atoms with van der Waals surface area (Å²) in [5, 5.41) is 8.22. The first-order chi connectivity index (χ1) is 7.91. The van der Waals surface area contributed by atoms with Gasteiger partial charge < -0.3 is 11.1 Å². The molecule has 1 fully saturated rings. The van der Waals surface area contributed by atoms with E-state index in [9.17, 15) is 8.42 Å². The van der Waals surface area contributed by atoms with E-state index in [-0.39, 0.29) is 10.4 Å². The summed E-state index contributed by atoms with van der Waals surface area (Å²) in [5.74, 6) is 0. The van der Waals surface area contributed by atoms with E-state index in [0.717, 1.165) is 19.3 Å². The molecule has 1 aromatic rings. The van der Waals surface area contributed by atoms with Gasteiger partial charge in [-0.05, 0) is 31.4 Å². The Balaban J connectivity index is 2.16. The highest BCUT2D eigenvalue weighted by Gasteiger charge is 2.32. The lowest BCUT2D eigenvalue weighted by atomic mass is 9.78. The lowest BCUT2D eigenvalue weighted by molar-refractivity contribution is 0.265. The Morgan fingerprint density at radius 1 is 1.29 bits per heavy atom. The molecule has 1 saturated carbocycles. The number of primary sulfonamides is 1. The zero-order valence-corrected chi connectivity index (χ0v) is 10.3. The Labute approximate surface area is 101 Å². The second kappa shape index (κ2) is 4.29. The number of nitrogens with one attached hydrogen (secondary N) is 1. The second-order valence-electron chi connectivity index (χ2n) is 4.61. The average Bonchev–Trinajstić information content (AvgIpc) is 2.23. The van der Waals surface area contributed by atoms with Crippen LogP contribution in [0, 0.1) is 0 Å². The number of sulfonamides is 1. The van der Waals surface area contributed by atoms with Gasteiger partial charge in [0.1, 0.15) is 4.90 Å². The second-order valence-corrected chi connectivity index (χ2v) is 6.14. The van der Waals surface area contributed by atoms with Gasteiger partial charge in [-0.1, -0.05) is 12.1 Å². The van der Waals surface area contributed by atoms with Gasteiger partial charge in [0.05, 0.1) is 5.69 Å². The summed E-state index contributed by atoms with van der Waals surface area (Å²) in [6.07, 6.45) is 3.07. The maximum absolute atomic E-state index is 11.4. The van der Waals surface area contributed by atoms with Crippen molar-refractivity contribution in [3.8, 4) is 0 Å². The minimum atomic E-state index is -3.69. The van der Waals surface area contributed by atoms with Gasteiger partial charge in [0.2, 0.25) is 10.0 Å².